The molecule has 2 heterocycles. The maximum absolute atomic E-state index is 12.9. The summed E-state index contributed by atoms with van der Waals surface area (Å²) in [5.74, 6) is 0.255. The minimum absolute atomic E-state index is 0.134. The van der Waals surface area contributed by atoms with E-state index in [1.54, 1.807) is 13.8 Å². The number of hydrogen-bond donors (Lipinski definition) is 3. The van der Waals surface area contributed by atoms with E-state index in [4.69, 9.17) is 9.47 Å². The number of nitrogens with one attached hydrogen (secondary N) is 2. The van der Waals surface area contributed by atoms with Gasteiger partial charge in [0.15, 0.2) is 12.4 Å². The lowest BCUT2D eigenvalue weighted by molar-refractivity contribution is -0.123. The number of rotatable bonds is 6. The van der Waals surface area contributed by atoms with Crippen LogP contribution in [-0.4, -0.2) is 39.0 Å². The normalized spacial score (nSPS) is 15.2. The predicted octanol–water partition coefficient (Wildman–Crippen LogP) is 4.30. The molecule has 35 heavy (non-hydrogen) atoms. The number of aromatic nitrogens is 2. The Kier molecular flexibility index (Phi) is 5.64. The lowest BCUT2D eigenvalue weighted by Crippen LogP contribution is -2.36. The number of ether oxygens (including phenoxy) is 2. The molecule has 0 bridgehead atoms. The fraction of sp³-hybridized carbons (Fsp3) is 0.222. The number of phenolic OH excluding ortho intramolecular Hbond substituents is 1. The summed E-state index contributed by atoms with van der Waals surface area (Å²) in [5.41, 5.74) is 1.98. The molecule has 1 amide bonds. The molecule has 1 aromatic heterocycles. The molecule has 0 radical (unpaired) electrons. The molecule has 5 rings (SSSR count). The van der Waals surface area contributed by atoms with Gasteiger partial charge in [-0.1, -0.05) is 42.5 Å². The van der Waals surface area contributed by atoms with Crippen molar-refractivity contribution in [3.63, 3.8) is 0 Å². The van der Waals surface area contributed by atoms with E-state index in [1.165, 1.54) is 12.1 Å². The van der Waals surface area contributed by atoms with E-state index in [0.29, 0.717) is 5.82 Å². The van der Waals surface area contributed by atoms with Gasteiger partial charge in [-0.3, -0.25) is 9.59 Å². The van der Waals surface area contributed by atoms with Gasteiger partial charge in [-0.2, -0.15) is 0 Å². The number of para-hydroxylation sites is 2. The van der Waals surface area contributed by atoms with E-state index in [9.17, 15) is 14.7 Å². The highest BCUT2D eigenvalue weighted by atomic mass is 16.5. The Labute approximate surface area is 201 Å². The van der Waals surface area contributed by atoms with Crippen LogP contribution in [0.15, 0.2) is 66.7 Å². The third-order valence-corrected chi connectivity index (χ3v) is 5.80. The zero-order valence-electron chi connectivity index (χ0n) is 19.4. The van der Waals surface area contributed by atoms with E-state index in [2.05, 4.69) is 15.3 Å². The minimum atomic E-state index is -0.692. The van der Waals surface area contributed by atoms with E-state index >= 15 is 0 Å². The van der Waals surface area contributed by atoms with Crippen LogP contribution >= 0.6 is 0 Å². The smallest absolute Gasteiger partial charge is 0.258 e. The van der Waals surface area contributed by atoms with Crippen molar-refractivity contribution in [1.29, 1.82) is 0 Å². The van der Waals surface area contributed by atoms with Crippen LogP contribution in [0.2, 0.25) is 0 Å². The van der Waals surface area contributed by atoms with Gasteiger partial charge in [0.25, 0.3) is 5.91 Å². The average Bonchev–Trinajstić information content (AvgIpc) is 3.24. The highest BCUT2D eigenvalue weighted by Crippen LogP contribution is 2.40. The van der Waals surface area contributed by atoms with Gasteiger partial charge in [-0.15, -0.1) is 0 Å². The number of phenols is 1. The summed E-state index contributed by atoms with van der Waals surface area (Å²) in [6.07, 6.45) is 0.166. The van der Waals surface area contributed by atoms with Crippen molar-refractivity contribution in [3.8, 4) is 17.2 Å². The summed E-state index contributed by atoms with van der Waals surface area (Å²) in [5, 5.41) is 13.3. The number of ketones is 1. The Bertz CT molecular complexity index is 1380. The summed E-state index contributed by atoms with van der Waals surface area (Å²) < 4.78 is 11.5. The second-order valence-corrected chi connectivity index (χ2v) is 9.12. The molecule has 0 aliphatic carbocycles. The molecule has 3 aromatic carbocycles. The zero-order valence-corrected chi connectivity index (χ0v) is 19.4. The summed E-state index contributed by atoms with van der Waals surface area (Å²) >= 11 is 0. The van der Waals surface area contributed by atoms with Crippen LogP contribution in [-0.2, 0) is 4.79 Å². The number of aromatic amines is 1. The van der Waals surface area contributed by atoms with Gasteiger partial charge in [0.05, 0.1) is 17.5 Å². The van der Waals surface area contributed by atoms with Crippen LogP contribution in [0.25, 0.3) is 11.0 Å². The van der Waals surface area contributed by atoms with Gasteiger partial charge >= 0.3 is 0 Å². The Balaban J connectivity index is 1.34. The number of fused-ring (bicyclic) bond motifs is 2. The first-order valence-corrected chi connectivity index (χ1v) is 11.3. The standard InChI is InChI=1S/C27H25N3O5/c1-27(2)14-21(32)24-20(31)12-17(13-22(24)35-27)34-15-23(33)30-25(16-8-4-3-5-9-16)26-28-18-10-6-7-11-19(18)29-26/h3-13,25,31H,14-15H2,1-2H3,(H,28,29)(H,30,33). The number of hydrogen-bond acceptors (Lipinski definition) is 6. The fourth-order valence-corrected chi connectivity index (χ4v) is 4.24. The molecule has 0 spiro atoms. The topological polar surface area (TPSA) is 114 Å². The first-order chi connectivity index (χ1) is 16.8. The second-order valence-electron chi connectivity index (χ2n) is 9.12. The second kappa shape index (κ2) is 8.79. The van der Waals surface area contributed by atoms with Crippen molar-refractivity contribution >= 4 is 22.7 Å². The van der Waals surface area contributed by atoms with Gasteiger partial charge in [0.2, 0.25) is 0 Å². The fourth-order valence-electron chi connectivity index (χ4n) is 4.24. The van der Waals surface area contributed by atoms with E-state index in [1.807, 2.05) is 54.6 Å². The molecule has 0 saturated carbocycles. The number of nitrogens with zero attached hydrogens (tertiary/aromatic N) is 1. The highest BCUT2D eigenvalue weighted by Gasteiger charge is 2.35. The molecule has 0 saturated heterocycles. The van der Waals surface area contributed by atoms with Gasteiger partial charge in [-0.05, 0) is 31.5 Å². The Hall–Kier alpha value is -4.33. The molecule has 4 aromatic rings. The summed E-state index contributed by atoms with van der Waals surface area (Å²) in [6, 6.07) is 19.5. The quantitative estimate of drug-likeness (QED) is 0.387. The predicted molar refractivity (Wildman–Crippen MR) is 130 cm³/mol. The van der Waals surface area contributed by atoms with Crippen LogP contribution in [0, 0.1) is 0 Å². The first-order valence-electron chi connectivity index (χ1n) is 11.3. The van der Waals surface area contributed by atoms with Gasteiger partial charge < -0.3 is 24.9 Å². The average molecular weight is 472 g/mol. The number of aromatic hydroxyl groups is 1. The lowest BCUT2D eigenvalue weighted by Gasteiger charge is -2.32. The minimum Gasteiger partial charge on any atom is -0.507 e. The summed E-state index contributed by atoms with van der Waals surface area (Å²) in [7, 11) is 0. The number of imidazole rings is 1. The Morgan fingerprint density at radius 3 is 2.69 bits per heavy atom. The monoisotopic (exact) mass is 471 g/mol. The molecule has 1 aliphatic rings. The highest BCUT2D eigenvalue weighted by molar-refractivity contribution is 6.03. The summed E-state index contributed by atoms with van der Waals surface area (Å²) in [4.78, 5) is 33.2. The third-order valence-electron chi connectivity index (χ3n) is 5.80. The number of amides is 1. The van der Waals surface area contributed by atoms with Crippen LogP contribution in [0.1, 0.15) is 48.1 Å². The van der Waals surface area contributed by atoms with Crippen LogP contribution in [0.3, 0.4) is 0 Å². The van der Waals surface area contributed by atoms with E-state index in [0.717, 1.165) is 16.6 Å². The molecule has 1 aliphatic heterocycles. The van der Waals surface area contributed by atoms with Crippen molar-refractivity contribution in [1.82, 2.24) is 15.3 Å². The third kappa shape index (κ3) is 4.68. The molecule has 1 atom stereocenters. The molecule has 8 nitrogen and oxygen atoms in total. The zero-order chi connectivity index (χ0) is 24.6. The summed E-state index contributed by atoms with van der Waals surface area (Å²) in [6.45, 7) is 3.29. The van der Waals surface area contributed by atoms with Gasteiger partial charge in [0.1, 0.15) is 40.3 Å². The molecular formula is C27H25N3O5. The number of H-pyrrole nitrogens is 1. The molecule has 178 valence electrons. The largest absolute Gasteiger partial charge is 0.507 e. The SMILES string of the molecule is CC1(C)CC(=O)c2c(O)cc(OCC(=O)NC(c3ccccc3)c3nc4ccccc4[nH]3)cc2O1. The van der Waals surface area contributed by atoms with Crippen molar-refractivity contribution in [2.75, 3.05) is 6.61 Å². The number of carbonyl (C=O) groups excluding carboxylic acids is 2. The molecule has 8 heteroatoms. The van der Waals surface area contributed by atoms with Crippen LogP contribution < -0.4 is 14.8 Å². The number of carbonyl (C=O) groups is 2. The Morgan fingerprint density at radius 1 is 1.17 bits per heavy atom. The van der Waals surface area contributed by atoms with Crippen molar-refractivity contribution in [3.05, 3.63) is 83.7 Å². The molecule has 0 fully saturated rings. The van der Waals surface area contributed by atoms with Crippen LogP contribution in [0.5, 0.6) is 17.2 Å². The maximum atomic E-state index is 12.9. The molecule has 3 N–H and O–H groups in total. The van der Waals surface area contributed by atoms with Gasteiger partial charge in [0, 0.05) is 12.1 Å². The van der Waals surface area contributed by atoms with Crippen LogP contribution in [0.4, 0.5) is 0 Å². The van der Waals surface area contributed by atoms with E-state index < -0.39 is 11.6 Å². The van der Waals surface area contributed by atoms with Gasteiger partial charge in [-0.25, -0.2) is 4.98 Å². The van der Waals surface area contributed by atoms with E-state index in [-0.39, 0.29) is 47.5 Å². The number of benzene rings is 3. The van der Waals surface area contributed by atoms with Crippen molar-refractivity contribution < 1.29 is 24.2 Å². The Morgan fingerprint density at radius 2 is 1.91 bits per heavy atom. The van der Waals surface area contributed by atoms with Crippen molar-refractivity contribution in [2.24, 2.45) is 0 Å². The first kappa shape index (κ1) is 22.5. The number of Topliss-reactive ketones (excluding diaryl/α,β-unsaturated/α-hetero) is 1. The lowest BCUT2D eigenvalue weighted by atomic mass is 9.92. The molecule has 1 unspecified atom stereocenters. The molecular weight excluding hydrogens is 446 g/mol. The van der Waals surface area contributed by atoms with Crippen molar-refractivity contribution in [2.45, 2.75) is 31.9 Å². The maximum Gasteiger partial charge on any atom is 0.258 e.